The van der Waals surface area contributed by atoms with Crippen LogP contribution in [0.5, 0.6) is 0 Å². The Bertz CT molecular complexity index is 1740. The molecule has 0 bridgehead atoms. The molecule has 1 aliphatic heterocycles. The van der Waals surface area contributed by atoms with Gasteiger partial charge < -0.3 is 39.0 Å². The van der Waals surface area contributed by atoms with E-state index >= 15 is 0 Å². The minimum atomic E-state index is -1.92. The normalized spacial score (nSPS) is 18.5. The first-order valence-electron chi connectivity index (χ1n) is 31.2. The summed E-state index contributed by atoms with van der Waals surface area (Å²) < 4.78 is 28.3. The lowest BCUT2D eigenvalue weighted by Gasteiger charge is -2.40. The van der Waals surface area contributed by atoms with E-state index in [4.69, 9.17) is 23.7 Å². The van der Waals surface area contributed by atoms with E-state index in [2.05, 4.69) is 99.8 Å². The number of aliphatic hydroxyl groups is 2. The van der Waals surface area contributed by atoms with Crippen LogP contribution in [-0.2, 0) is 42.9 Å². The van der Waals surface area contributed by atoms with E-state index < -0.39 is 67.3 Å². The molecule has 1 saturated heterocycles. The smallest absolute Gasteiger partial charge is 0.335 e. The molecule has 0 spiro atoms. The lowest BCUT2D eigenvalue weighted by molar-refractivity contribution is -0.301. The van der Waals surface area contributed by atoms with Gasteiger partial charge in [0.2, 0.25) is 0 Å². The van der Waals surface area contributed by atoms with E-state index in [-0.39, 0.29) is 25.9 Å². The van der Waals surface area contributed by atoms with E-state index in [0.29, 0.717) is 19.3 Å². The zero-order valence-corrected chi connectivity index (χ0v) is 49.6. The fourth-order valence-electron chi connectivity index (χ4n) is 8.88. The van der Waals surface area contributed by atoms with Crippen LogP contribution in [0.25, 0.3) is 0 Å². The van der Waals surface area contributed by atoms with Crippen molar-refractivity contribution in [2.75, 3.05) is 13.2 Å². The molecular formula is C67H110O12. The molecule has 12 nitrogen and oxygen atoms in total. The summed E-state index contributed by atoms with van der Waals surface area (Å²) >= 11 is 0. The molecule has 1 fully saturated rings. The van der Waals surface area contributed by atoms with Crippen molar-refractivity contribution in [1.82, 2.24) is 0 Å². The van der Waals surface area contributed by atoms with Crippen LogP contribution in [0, 0.1) is 0 Å². The van der Waals surface area contributed by atoms with E-state index in [1.807, 2.05) is 12.2 Å². The Kier molecular flexibility index (Phi) is 49.9. The van der Waals surface area contributed by atoms with Gasteiger partial charge in [0.25, 0.3) is 0 Å². The lowest BCUT2D eigenvalue weighted by atomic mass is 9.98. The summed E-state index contributed by atoms with van der Waals surface area (Å²) in [7, 11) is 0. The molecule has 1 heterocycles. The molecule has 1 rings (SSSR count). The molecule has 0 aromatic carbocycles. The fourth-order valence-corrected chi connectivity index (χ4v) is 8.88. The van der Waals surface area contributed by atoms with Gasteiger partial charge in [-0.3, -0.25) is 14.4 Å². The zero-order chi connectivity index (χ0) is 57.5. The number of allylic oxidation sites excluding steroid dienone is 15. The Morgan fingerprint density at radius 1 is 0.443 bits per heavy atom. The van der Waals surface area contributed by atoms with Crippen LogP contribution < -0.4 is 0 Å². The first-order valence-corrected chi connectivity index (χ1v) is 31.2. The largest absolute Gasteiger partial charge is 0.479 e. The third-order valence-corrected chi connectivity index (χ3v) is 13.6. The summed E-state index contributed by atoms with van der Waals surface area (Å²) in [5.41, 5.74) is 0. The predicted molar refractivity (Wildman–Crippen MR) is 321 cm³/mol. The number of esters is 3. The average molecular weight is 1110 g/mol. The number of aliphatic carboxylic acids is 1. The summed E-state index contributed by atoms with van der Waals surface area (Å²) in [6, 6.07) is 0. The standard InChI is InChI=1S/C67H110O12/c1-4-7-10-13-16-19-22-25-28-29-30-31-34-37-40-43-46-49-52-55-61(70)78-65-63(72)62(71)64(66(73)74)79-67(65)76-57-58(77-60(69)54-51-48-45-42-39-36-33-27-24-21-18-15-12-9-6-3)56-75-59(68)53-50-47-44-41-38-35-32-26-23-20-17-14-11-8-5-2/h8,11,16-17,19-20,25-28,32-33,38,41,47,50,58,62-65,67,71-72H,4-7,9-10,12-15,18,21-24,29-31,34-37,39-40,42-46,48-49,51-57H2,1-3H3,(H,73,74)/b11-8-,19-16-,20-17-,28-25-,32-26-,33-27-,41-38-,50-47-. The van der Waals surface area contributed by atoms with Crippen molar-refractivity contribution >= 4 is 23.9 Å². The van der Waals surface area contributed by atoms with Gasteiger partial charge in [-0.1, -0.05) is 227 Å². The lowest BCUT2D eigenvalue weighted by Crippen LogP contribution is -2.61. The maximum absolute atomic E-state index is 13.2. The van der Waals surface area contributed by atoms with Gasteiger partial charge in [-0.25, -0.2) is 4.79 Å². The van der Waals surface area contributed by atoms with Crippen LogP contribution in [0.1, 0.15) is 252 Å². The molecule has 6 unspecified atom stereocenters. The second-order valence-electron chi connectivity index (χ2n) is 21.0. The van der Waals surface area contributed by atoms with Crippen molar-refractivity contribution in [2.24, 2.45) is 0 Å². The number of ether oxygens (including phenoxy) is 5. The van der Waals surface area contributed by atoms with Crippen molar-refractivity contribution < 1.29 is 58.2 Å². The molecule has 0 aromatic rings. The highest BCUT2D eigenvalue weighted by molar-refractivity contribution is 5.74. The number of aliphatic hydroxyl groups excluding tert-OH is 2. The molecule has 0 amide bonds. The number of carboxylic acids is 1. The van der Waals surface area contributed by atoms with Gasteiger partial charge in [-0.15, -0.1) is 0 Å². The van der Waals surface area contributed by atoms with Crippen molar-refractivity contribution in [3.05, 3.63) is 97.2 Å². The summed E-state index contributed by atoms with van der Waals surface area (Å²) in [6.45, 7) is 5.76. The summed E-state index contributed by atoms with van der Waals surface area (Å²) in [6.07, 6.45) is 59.6. The number of carboxylic acid groups (broad SMARTS) is 1. The molecule has 0 aliphatic carbocycles. The van der Waals surface area contributed by atoms with Gasteiger partial charge in [0, 0.05) is 12.8 Å². The van der Waals surface area contributed by atoms with Crippen molar-refractivity contribution in [3.8, 4) is 0 Å². The Morgan fingerprint density at radius 2 is 0.835 bits per heavy atom. The molecule has 0 saturated carbocycles. The molecule has 6 atom stereocenters. The van der Waals surface area contributed by atoms with Crippen molar-refractivity contribution in [3.63, 3.8) is 0 Å². The molecule has 0 radical (unpaired) electrons. The van der Waals surface area contributed by atoms with E-state index in [1.165, 1.54) is 89.9 Å². The summed E-state index contributed by atoms with van der Waals surface area (Å²) in [5, 5.41) is 31.5. The van der Waals surface area contributed by atoms with E-state index in [0.717, 1.165) is 103 Å². The highest BCUT2D eigenvalue weighted by atomic mass is 16.7. The number of carbonyl (C=O) groups excluding carboxylic acids is 3. The number of rotatable bonds is 52. The van der Waals surface area contributed by atoms with Crippen LogP contribution in [0.15, 0.2) is 97.2 Å². The number of hydrogen-bond acceptors (Lipinski definition) is 11. The first kappa shape index (κ1) is 72.7. The zero-order valence-electron chi connectivity index (χ0n) is 49.6. The Balaban J connectivity index is 2.72. The second-order valence-corrected chi connectivity index (χ2v) is 21.0. The highest BCUT2D eigenvalue weighted by Crippen LogP contribution is 2.26. The number of unbranched alkanes of at least 4 members (excludes halogenated alkanes) is 23. The number of carbonyl (C=O) groups is 4. The van der Waals surface area contributed by atoms with Gasteiger partial charge in [-0.05, 0) is 103 Å². The summed E-state index contributed by atoms with van der Waals surface area (Å²) in [4.78, 5) is 51.2. The van der Waals surface area contributed by atoms with E-state index in [1.54, 1.807) is 6.08 Å². The Hall–Kier alpha value is -4.36. The van der Waals surface area contributed by atoms with Crippen molar-refractivity contribution in [2.45, 2.75) is 289 Å². The maximum atomic E-state index is 13.2. The second kappa shape index (κ2) is 54.2. The minimum Gasteiger partial charge on any atom is -0.479 e. The fraction of sp³-hybridized carbons (Fsp3) is 0.701. The molecule has 79 heavy (non-hydrogen) atoms. The topological polar surface area (TPSA) is 175 Å². The van der Waals surface area contributed by atoms with Crippen LogP contribution in [0.4, 0.5) is 0 Å². The Labute approximate surface area is 479 Å². The molecule has 3 N–H and O–H groups in total. The van der Waals surface area contributed by atoms with Gasteiger partial charge in [0.15, 0.2) is 24.6 Å². The molecule has 1 aliphatic rings. The SMILES string of the molecule is CC/C=C\C/C=C\C/C=C\C/C=C\C/C=C\CC(=O)OCC(COC1OC(C(=O)O)C(O)C(O)C1OC(=O)CCCCCCCCCCC/C=C\C/C=C\CCCCC)OC(=O)CCCCCCC/C=C\CCCCCCCC. The van der Waals surface area contributed by atoms with Crippen LogP contribution >= 0.6 is 0 Å². The quantitative estimate of drug-likeness (QED) is 0.0228. The first-order chi connectivity index (χ1) is 38.6. The Morgan fingerprint density at radius 3 is 1.32 bits per heavy atom. The predicted octanol–water partition coefficient (Wildman–Crippen LogP) is 16.5. The highest BCUT2D eigenvalue weighted by Gasteiger charge is 2.50. The van der Waals surface area contributed by atoms with E-state index in [9.17, 15) is 34.5 Å². The van der Waals surface area contributed by atoms with Crippen LogP contribution in [-0.4, -0.2) is 89.2 Å². The van der Waals surface area contributed by atoms with Gasteiger partial charge in [-0.2, -0.15) is 0 Å². The molecular weight excluding hydrogens is 997 g/mol. The minimum absolute atomic E-state index is 0.0195. The molecule has 12 heteroatoms. The monoisotopic (exact) mass is 1110 g/mol. The maximum Gasteiger partial charge on any atom is 0.335 e. The average Bonchev–Trinajstić information content (AvgIpc) is 3.46. The third kappa shape index (κ3) is 44.0. The van der Waals surface area contributed by atoms with Crippen molar-refractivity contribution in [1.29, 1.82) is 0 Å². The van der Waals surface area contributed by atoms with Gasteiger partial charge >= 0.3 is 23.9 Å². The van der Waals surface area contributed by atoms with Crippen LogP contribution in [0.2, 0.25) is 0 Å². The summed E-state index contributed by atoms with van der Waals surface area (Å²) in [5.74, 6) is -3.30. The number of hydrogen-bond donors (Lipinski definition) is 3. The van der Waals surface area contributed by atoms with Gasteiger partial charge in [0.05, 0.1) is 13.0 Å². The van der Waals surface area contributed by atoms with Crippen LogP contribution in [0.3, 0.4) is 0 Å². The molecule has 450 valence electrons. The van der Waals surface area contributed by atoms with Gasteiger partial charge in [0.1, 0.15) is 18.8 Å². The molecule has 0 aromatic heterocycles. The third-order valence-electron chi connectivity index (χ3n) is 13.6.